The Bertz CT molecular complexity index is 559. The number of halogens is 2. The lowest BCUT2D eigenvalue weighted by Crippen LogP contribution is -2.38. The normalized spacial score (nSPS) is 12.6. The number of hydrogen-bond acceptors (Lipinski definition) is 4. The molecule has 0 radical (unpaired) electrons. The van der Waals surface area contributed by atoms with E-state index in [1.165, 1.54) is 6.07 Å². The molecule has 1 aromatic heterocycles. The molecule has 102 valence electrons. The molecular weight excluding hydrogens is 285 g/mol. The number of hydrazine groups is 1. The van der Waals surface area contributed by atoms with E-state index in [1.807, 2.05) is 12.3 Å². The molecule has 0 aliphatic carbocycles. The molecule has 1 unspecified atom stereocenters. The molecule has 0 bridgehead atoms. The standard InChI is InChI=1S/C13H15ClFN3S/c1-8-17-11(7-19-8)6-10(18-16)5-9-3-2-4-12(14)13(9)15/h2-4,7,10,18H,5-6,16H2,1H3. The van der Waals surface area contributed by atoms with Gasteiger partial charge >= 0.3 is 0 Å². The van der Waals surface area contributed by atoms with Crippen molar-refractivity contribution in [2.24, 2.45) is 5.84 Å². The third-order valence-electron chi connectivity index (χ3n) is 2.86. The first-order chi connectivity index (χ1) is 9.10. The molecule has 0 fully saturated rings. The zero-order valence-corrected chi connectivity index (χ0v) is 12.1. The summed E-state index contributed by atoms with van der Waals surface area (Å²) < 4.78 is 13.8. The van der Waals surface area contributed by atoms with E-state index in [1.54, 1.807) is 23.5 Å². The maximum atomic E-state index is 13.8. The maximum absolute atomic E-state index is 13.8. The van der Waals surface area contributed by atoms with E-state index >= 15 is 0 Å². The molecule has 3 nitrogen and oxygen atoms in total. The summed E-state index contributed by atoms with van der Waals surface area (Å²) >= 11 is 7.36. The molecule has 2 rings (SSSR count). The molecule has 19 heavy (non-hydrogen) atoms. The molecule has 1 atom stereocenters. The molecule has 1 heterocycles. The van der Waals surface area contributed by atoms with E-state index < -0.39 is 0 Å². The van der Waals surface area contributed by atoms with Crippen molar-refractivity contribution in [1.82, 2.24) is 10.4 Å². The summed E-state index contributed by atoms with van der Waals surface area (Å²) in [6, 6.07) is 4.92. The summed E-state index contributed by atoms with van der Waals surface area (Å²) in [5, 5.41) is 3.14. The van der Waals surface area contributed by atoms with Crippen LogP contribution in [0.15, 0.2) is 23.6 Å². The average Bonchev–Trinajstić information content (AvgIpc) is 2.79. The van der Waals surface area contributed by atoms with E-state index in [0.29, 0.717) is 18.4 Å². The summed E-state index contributed by atoms with van der Waals surface area (Å²) in [5.41, 5.74) is 4.23. The lowest BCUT2D eigenvalue weighted by molar-refractivity contribution is 0.503. The number of thiazole rings is 1. The summed E-state index contributed by atoms with van der Waals surface area (Å²) in [6.07, 6.45) is 1.13. The third-order valence-corrected chi connectivity index (χ3v) is 3.97. The fraction of sp³-hybridized carbons (Fsp3) is 0.308. The Kier molecular flexibility index (Phi) is 4.87. The number of nitrogens with one attached hydrogen (secondary N) is 1. The summed E-state index contributed by atoms with van der Waals surface area (Å²) in [5.74, 6) is 5.16. The highest BCUT2D eigenvalue weighted by molar-refractivity contribution is 7.09. The van der Waals surface area contributed by atoms with Gasteiger partial charge in [-0.05, 0) is 25.0 Å². The van der Waals surface area contributed by atoms with Crippen LogP contribution in [0, 0.1) is 12.7 Å². The van der Waals surface area contributed by atoms with Crippen molar-refractivity contribution in [3.63, 3.8) is 0 Å². The summed E-state index contributed by atoms with van der Waals surface area (Å²) in [6.45, 7) is 1.95. The van der Waals surface area contributed by atoms with E-state index in [0.717, 1.165) is 10.7 Å². The lowest BCUT2D eigenvalue weighted by atomic mass is 10.0. The molecule has 0 amide bonds. The monoisotopic (exact) mass is 299 g/mol. The predicted octanol–water partition coefficient (Wildman–Crippen LogP) is 2.86. The average molecular weight is 300 g/mol. The molecule has 6 heteroatoms. The van der Waals surface area contributed by atoms with Gasteiger partial charge in [-0.15, -0.1) is 11.3 Å². The van der Waals surface area contributed by atoms with Gasteiger partial charge in [0.2, 0.25) is 0 Å². The lowest BCUT2D eigenvalue weighted by Gasteiger charge is -2.15. The van der Waals surface area contributed by atoms with Crippen LogP contribution < -0.4 is 11.3 Å². The van der Waals surface area contributed by atoms with Gasteiger partial charge in [0, 0.05) is 17.8 Å². The van der Waals surface area contributed by atoms with Crippen LogP contribution in [0.25, 0.3) is 0 Å². The number of nitrogens with zero attached hydrogens (tertiary/aromatic N) is 1. The number of hydrogen-bond donors (Lipinski definition) is 2. The molecule has 0 aliphatic rings. The molecular formula is C13H15ClFN3S. The Hall–Kier alpha value is -1.01. The fourth-order valence-corrected chi connectivity index (χ4v) is 2.74. The largest absolute Gasteiger partial charge is 0.271 e. The topological polar surface area (TPSA) is 50.9 Å². The van der Waals surface area contributed by atoms with E-state index in [2.05, 4.69) is 10.4 Å². The zero-order chi connectivity index (χ0) is 13.8. The van der Waals surface area contributed by atoms with Crippen LogP contribution in [-0.4, -0.2) is 11.0 Å². The number of aryl methyl sites for hydroxylation is 1. The van der Waals surface area contributed by atoms with Crippen molar-refractivity contribution in [3.8, 4) is 0 Å². The number of rotatable bonds is 5. The maximum Gasteiger partial charge on any atom is 0.145 e. The van der Waals surface area contributed by atoms with Crippen LogP contribution >= 0.6 is 22.9 Å². The minimum Gasteiger partial charge on any atom is -0.271 e. The van der Waals surface area contributed by atoms with Gasteiger partial charge in [0.1, 0.15) is 5.82 Å². The Morgan fingerprint density at radius 2 is 2.26 bits per heavy atom. The minimum absolute atomic E-state index is 0.0746. The first-order valence-electron chi connectivity index (χ1n) is 5.90. The second kappa shape index (κ2) is 6.43. The number of aromatic nitrogens is 1. The Morgan fingerprint density at radius 3 is 2.89 bits per heavy atom. The quantitative estimate of drug-likeness (QED) is 0.659. The van der Waals surface area contributed by atoms with E-state index in [9.17, 15) is 4.39 Å². The van der Waals surface area contributed by atoms with Gasteiger partial charge in [-0.3, -0.25) is 11.3 Å². The van der Waals surface area contributed by atoms with Crippen molar-refractivity contribution in [3.05, 3.63) is 50.7 Å². The van der Waals surface area contributed by atoms with Crippen LogP contribution in [-0.2, 0) is 12.8 Å². The van der Waals surface area contributed by atoms with Crippen molar-refractivity contribution in [1.29, 1.82) is 0 Å². The number of nitrogens with two attached hydrogens (primary N) is 1. The molecule has 0 saturated heterocycles. The van der Waals surface area contributed by atoms with Crippen LogP contribution in [0.4, 0.5) is 4.39 Å². The van der Waals surface area contributed by atoms with Gasteiger partial charge in [0.05, 0.1) is 15.7 Å². The van der Waals surface area contributed by atoms with Gasteiger partial charge in [-0.25, -0.2) is 9.37 Å². The Morgan fingerprint density at radius 1 is 1.47 bits per heavy atom. The summed E-state index contributed by atoms with van der Waals surface area (Å²) in [4.78, 5) is 4.38. The molecule has 3 N–H and O–H groups in total. The van der Waals surface area contributed by atoms with Crippen molar-refractivity contribution < 1.29 is 4.39 Å². The van der Waals surface area contributed by atoms with Crippen LogP contribution in [0.5, 0.6) is 0 Å². The Balaban J connectivity index is 2.08. The van der Waals surface area contributed by atoms with Crippen molar-refractivity contribution in [2.75, 3.05) is 0 Å². The second-order valence-corrected chi connectivity index (χ2v) is 5.81. The van der Waals surface area contributed by atoms with E-state index in [-0.39, 0.29) is 16.9 Å². The van der Waals surface area contributed by atoms with Crippen LogP contribution in [0.1, 0.15) is 16.3 Å². The molecule has 2 aromatic rings. The first-order valence-corrected chi connectivity index (χ1v) is 7.16. The van der Waals surface area contributed by atoms with Gasteiger partial charge in [0.25, 0.3) is 0 Å². The van der Waals surface area contributed by atoms with Gasteiger partial charge in [-0.1, -0.05) is 23.7 Å². The van der Waals surface area contributed by atoms with Crippen molar-refractivity contribution >= 4 is 22.9 Å². The highest BCUT2D eigenvalue weighted by Gasteiger charge is 2.14. The SMILES string of the molecule is Cc1nc(CC(Cc2cccc(Cl)c2F)NN)cs1. The molecule has 0 saturated carbocycles. The first kappa shape index (κ1) is 14.4. The second-order valence-electron chi connectivity index (χ2n) is 4.34. The zero-order valence-electron chi connectivity index (χ0n) is 10.5. The fourth-order valence-electron chi connectivity index (χ4n) is 1.92. The minimum atomic E-state index is -0.376. The third kappa shape index (κ3) is 3.73. The number of benzene rings is 1. The van der Waals surface area contributed by atoms with Gasteiger partial charge in [-0.2, -0.15) is 0 Å². The van der Waals surface area contributed by atoms with Crippen LogP contribution in [0.3, 0.4) is 0 Å². The van der Waals surface area contributed by atoms with Gasteiger partial charge < -0.3 is 0 Å². The molecule has 1 aromatic carbocycles. The highest BCUT2D eigenvalue weighted by Crippen LogP contribution is 2.20. The van der Waals surface area contributed by atoms with E-state index in [4.69, 9.17) is 17.4 Å². The molecule has 0 aliphatic heterocycles. The highest BCUT2D eigenvalue weighted by atomic mass is 35.5. The predicted molar refractivity (Wildman–Crippen MR) is 76.8 cm³/mol. The van der Waals surface area contributed by atoms with Crippen molar-refractivity contribution in [2.45, 2.75) is 25.8 Å². The van der Waals surface area contributed by atoms with Crippen LogP contribution in [0.2, 0.25) is 5.02 Å². The summed E-state index contributed by atoms with van der Waals surface area (Å²) in [7, 11) is 0. The smallest absolute Gasteiger partial charge is 0.145 e. The molecule has 0 spiro atoms. The van der Waals surface area contributed by atoms with Gasteiger partial charge in [0.15, 0.2) is 0 Å². The Labute approximate surface area is 120 Å².